The maximum absolute atomic E-state index is 10.6. The summed E-state index contributed by atoms with van der Waals surface area (Å²) in [5.74, 6) is 0.399. The average Bonchev–Trinajstić information content (AvgIpc) is 2.76. The standard InChI is InChI=1S/C11H10N2O3/c1-8(14)15-7-10-12-11(13-16-10)9-5-3-2-4-6-9/h2-6H,7H2,1H3. The lowest BCUT2D eigenvalue weighted by atomic mass is 10.2. The van der Waals surface area contributed by atoms with E-state index >= 15 is 0 Å². The number of esters is 1. The number of aromatic nitrogens is 2. The molecule has 0 saturated heterocycles. The normalized spacial score (nSPS) is 10.1. The van der Waals surface area contributed by atoms with Crippen LogP contribution in [0.5, 0.6) is 0 Å². The molecule has 5 nitrogen and oxygen atoms in total. The van der Waals surface area contributed by atoms with Crippen molar-refractivity contribution in [3.8, 4) is 11.4 Å². The molecule has 0 aliphatic rings. The van der Waals surface area contributed by atoms with Crippen LogP contribution in [0.4, 0.5) is 0 Å². The quantitative estimate of drug-likeness (QED) is 0.735. The first-order valence-electron chi connectivity index (χ1n) is 4.77. The van der Waals surface area contributed by atoms with E-state index in [-0.39, 0.29) is 18.5 Å². The van der Waals surface area contributed by atoms with Crippen LogP contribution in [0, 0.1) is 0 Å². The summed E-state index contributed by atoms with van der Waals surface area (Å²) in [5, 5.41) is 3.79. The molecule has 16 heavy (non-hydrogen) atoms. The van der Waals surface area contributed by atoms with E-state index in [0.717, 1.165) is 5.56 Å². The third-order valence-corrected chi connectivity index (χ3v) is 1.90. The highest BCUT2D eigenvalue weighted by Gasteiger charge is 2.08. The number of hydrogen-bond donors (Lipinski definition) is 0. The molecule has 5 heteroatoms. The molecule has 0 atom stereocenters. The lowest BCUT2D eigenvalue weighted by Crippen LogP contribution is -1.98. The number of nitrogens with zero attached hydrogens (tertiary/aromatic N) is 2. The van der Waals surface area contributed by atoms with Crippen molar-refractivity contribution in [2.75, 3.05) is 0 Å². The van der Waals surface area contributed by atoms with Gasteiger partial charge in [0.25, 0.3) is 5.89 Å². The molecule has 0 amide bonds. The third-order valence-electron chi connectivity index (χ3n) is 1.90. The molecule has 1 aromatic heterocycles. The number of carbonyl (C=O) groups excluding carboxylic acids is 1. The zero-order valence-corrected chi connectivity index (χ0v) is 8.71. The second kappa shape index (κ2) is 4.57. The fourth-order valence-electron chi connectivity index (χ4n) is 1.18. The van der Waals surface area contributed by atoms with Gasteiger partial charge < -0.3 is 9.26 Å². The lowest BCUT2D eigenvalue weighted by Gasteiger charge is -1.94. The Hall–Kier alpha value is -2.17. The highest BCUT2D eigenvalue weighted by molar-refractivity contribution is 5.65. The molecule has 0 saturated carbocycles. The topological polar surface area (TPSA) is 65.2 Å². The van der Waals surface area contributed by atoms with Crippen LogP contribution in [-0.2, 0) is 16.1 Å². The second-order valence-corrected chi connectivity index (χ2v) is 3.16. The van der Waals surface area contributed by atoms with Crippen molar-refractivity contribution in [3.05, 3.63) is 36.2 Å². The SMILES string of the molecule is CC(=O)OCc1nc(-c2ccccc2)no1. The summed E-state index contributed by atoms with van der Waals surface area (Å²) in [6, 6.07) is 9.43. The number of carbonyl (C=O) groups is 1. The van der Waals surface area contributed by atoms with Gasteiger partial charge in [-0.15, -0.1) is 0 Å². The van der Waals surface area contributed by atoms with Crippen LogP contribution in [-0.4, -0.2) is 16.1 Å². The third kappa shape index (κ3) is 2.44. The molecule has 2 aromatic rings. The van der Waals surface area contributed by atoms with Gasteiger partial charge in [0, 0.05) is 12.5 Å². The first kappa shape index (κ1) is 10.4. The van der Waals surface area contributed by atoms with Crippen molar-refractivity contribution in [1.29, 1.82) is 0 Å². The summed E-state index contributed by atoms with van der Waals surface area (Å²) in [7, 11) is 0. The summed E-state index contributed by atoms with van der Waals surface area (Å²) in [5.41, 5.74) is 0.861. The zero-order valence-electron chi connectivity index (χ0n) is 8.71. The van der Waals surface area contributed by atoms with Crippen LogP contribution >= 0.6 is 0 Å². The van der Waals surface area contributed by atoms with E-state index in [1.807, 2.05) is 30.3 Å². The van der Waals surface area contributed by atoms with Gasteiger partial charge in [-0.1, -0.05) is 35.5 Å². The Morgan fingerprint density at radius 3 is 2.81 bits per heavy atom. The predicted molar refractivity (Wildman–Crippen MR) is 55.2 cm³/mol. The summed E-state index contributed by atoms with van der Waals surface area (Å²) in [6.45, 7) is 1.34. The Kier molecular flexibility index (Phi) is 2.95. The van der Waals surface area contributed by atoms with E-state index < -0.39 is 0 Å². The van der Waals surface area contributed by atoms with Gasteiger partial charge in [0.1, 0.15) is 0 Å². The summed E-state index contributed by atoms with van der Waals surface area (Å²) < 4.78 is 9.67. The van der Waals surface area contributed by atoms with Crippen molar-refractivity contribution in [2.24, 2.45) is 0 Å². The molecule has 0 radical (unpaired) electrons. The number of benzene rings is 1. The Bertz CT molecular complexity index is 479. The second-order valence-electron chi connectivity index (χ2n) is 3.16. The Balaban J connectivity index is 2.11. The van der Waals surface area contributed by atoms with Crippen molar-refractivity contribution >= 4 is 5.97 Å². The van der Waals surface area contributed by atoms with Crippen LogP contribution in [0.1, 0.15) is 12.8 Å². The largest absolute Gasteiger partial charge is 0.456 e. The van der Waals surface area contributed by atoms with E-state index in [1.54, 1.807) is 0 Å². The summed E-state index contributed by atoms with van der Waals surface area (Å²) >= 11 is 0. The minimum atomic E-state index is -0.375. The predicted octanol–water partition coefficient (Wildman–Crippen LogP) is 1.80. The molecule has 2 rings (SSSR count). The van der Waals surface area contributed by atoms with E-state index in [2.05, 4.69) is 10.1 Å². The van der Waals surface area contributed by atoms with Gasteiger partial charge >= 0.3 is 5.97 Å². The first-order chi connectivity index (χ1) is 7.75. The van der Waals surface area contributed by atoms with E-state index in [0.29, 0.717) is 5.82 Å². The molecule has 0 aliphatic heterocycles. The molecule has 0 aliphatic carbocycles. The molecule has 0 unspecified atom stereocenters. The van der Waals surface area contributed by atoms with Gasteiger partial charge in [-0.2, -0.15) is 4.98 Å². The van der Waals surface area contributed by atoms with Gasteiger partial charge in [-0.05, 0) is 0 Å². The smallest absolute Gasteiger partial charge is 0.303 e. The Labute approximate surface area is 92.0 Å². The van der Waals surface area contributed by atoms with Gasteiger partial charge in [0.05, 0.1) is 0 Å². The van der Waals surface area contributed by atoms with E-state index in [4.69, 9.17) is 9.26 Å². The van der Waals surface area contributed by atoms with E-state index in [1.165, 1.54) is 6.92 Å². The highest BCUT2D eigenvalue weighted by Crippen LogP contribution is 2.14. The summed E-state index contributed by atoms with van der Waals surface area (Å²) in [4.78, 5) is 14.7. The fourth-order valence-corrected chi connectivity index (χ4v) is 1.18. The maximum Gasteiger partial charge on any atom is 0.303 e. The highest BCUT2D eigenvalue weighted by atomic mass is 16.6. The van der Waals surface area contributed by atoms with Gasteiger partial charge in [0.2, 0.25) is 5.82 Å². The maximum atomic E-state index is 10.6. The van der Waals surface area contributed by atoms with Crippen molar-refractivity contribution in [1.82, 2.24) is 10.1 Å². The lowest BCUT2D eigenvalue weighted by molar-refractivity contribution is -0.143. The molecular formula is C11H10N2O3. The van der Waals surface area contributed by atoms with Crippen LogP contribution in [0.2, 0.25) is 0 Å². The van der Waals surface area contributed by atoms with Crippen LogP contribution in [0.25, 0.3) is 11.4 Å². The van der Waals surface area contributed by atoms with E-state index in [9.17, 15) is 4.79 Å². The van der Waals surface area contributed by atoms with Gasteiger partial charge in [-0.25, -0.2) is 0 Å². The minimum Gasteiger partial charge on any atom is -0.456 e. The molecule has 1 heterocycles. The Morgan fingerprint density at radius 2 is 2.12 bits per heavy atom. The van der Waals surface area contributed by atoms with Crippen molar-refractivity contribution in [3.63, 3.8) is 0 Å². The number of ether oxygens (including phenoxy) is 1. The van der Waals surface area contributed by atoms with Crippen molar-refractivity contribution in [2.45, 2.75) is 13.5 Å². The molecule has 0 fully saturated rings. The fraction of sp³-hybridized carbons (Fsp3) is 0.182. The number of rotatable bonds is 3. The Morgan fingerprint density at radius 1 is 1.38 bits per heavy atom. The number of hydrogen-bond acceptors (Lipinski definition) is 5. The average molecular weight is 218 g/mol. The van der Waals surface area contributed by atoms with Crippen molar-refractivity contribution < 1.29 is 14.1 Å². The molecule has 0 N–H and O–H groups in total. The molecule has 0 bridgehead atoms. The summed E-state index contributed by atoms with van der Waals surface area (Å²) in [6.07, 6.45) is 0. The van der Waals surface area contributed by atoms with Crippen LogP contribution in [0.15, 0.2) is 34.9 Å². The van der Waals surface area contributed by atoms with Crippen LogP contribution < -0.4 is 0 Å². The molecule has 1 aromatic carbocycles. The molecular weight excluding hydrogens is 208 g/mol. The minimum absolute atomic E-state index is 0.00909. The van der Waals surface area contributed by atoms with Gasteiger partial charge in [-0.3, -0.25) is 4.79 Å². The molecule has 82 valence electrons. The first-order valence-corrected chi connectivity index (χ1v) is 4.77. The monoisotopic (exact) mass is 218 g/mol. The van der Waals surface area contributed by atoms with Crippen LogP contribution in [0.3, 0.4) is 0 Å². The van der Waals surface area contributed by atoms with Gasteiger partial charge in [0.15, 0.2) is 6.61 Å². The zero-order chi connectivity index (χ0) is 11.4. The molecule has 0 spiro atoms.